The fraction of sp³-hybridized carbons (Fsp3) is 0.292. The number of ether oxygens (including phenoxy) is 2. The second-order valence-electron chi connectivity index (χ2n) is 7.77. The minimum atomic E-state index is -0.179. The van der Waals surface area contributed by atoms with Gasteiger partial charge >= 0.3 is 0 Å². The zero-order valence-electron chi connectivity index (χ0n) is 18.1. The number of rotatable bonds is 6. The molecule has 2 heterocycles. The lowest BCUT2D eigenvalue weighted by Gasteiger charge is -2.23. The van der Waals surface area contributed by atoms with Crippen molar-refractivity contribution in [2.75, 3.05) is 31.7 Å². The van der Waals surface area contributed by atoms with Crippen LogP contribution >= 0.6 is 0 Å². The minimum absolute atomic E-state index is 0.117. The quantitative estimate of drug-likeness (QED) is 0.622. The molecule has 166 valence electrons. The van der Waals surface area contributed by atoms with E-state index >= 15 is 0 Å². The lowest BCUT2D eigenvalue weighted by Crippen LogP contribution is -2.39. The van der Waals surface area contributed by atoms with Crippen molar-refractivity contribution in [1.29, 1.82) is 0 Å². The molecule has 0 radical (unpaired) electrons. The fourth-order valence-corrected chi connectivity index (χ4v) is 3.52. The van der Waals surface area contributed by atoms with Crippen molar-refractivity contribution < 1.29 is 19.1 Å². The molecular weight excluding hydrogens is 408 g/mol. The summed E-state index contributed by atoms with van der Waals surface area (Å²) in [7, 11) is 0. The summed E-state index contributed by atoms with van der Waals surface area (Å²) in [4.78, 5) is 24.9. The first kappa shape index (κ1) is 21.7. The summed E-state index contributed by atoms with van der Waals surface area (Å²) in [5, 5.41) is 10.1. The zero-order valence-corrected chi connectivity index (χ0v) is 18.1. The molecule has 1 aliphatic rings. The van der Waals surface area contributed by atoms with Gasteiger partial charge in [-0.1, -0.05) is 17.7 Å². The molecule has 8 heteroatoms. The van der Waals surface area contributed by atoms with Crippen molar-refractivity contribution in [3.05, 3.63) is 77.1 Å². The lowest BCUT2D eigenvalue weighted by molar-refractivity contribution is -0.0855. The highest BCUT2D eigenvalue weighted by Crippen LogP contribution is 2.16. The summed E-state index contributed by atoms with van der Waals surface area (Å²) in [5.41, 5.74) is 4.57. The molecule has 1 saturated heterocycles. The van der Waals surface area contributed by atoms with Crippen molar-refractivity contribution in [2.45, 2.75) is 20.0 Å². The average molecular weight is 434 g/mol. The Morgan fingerprint density at radius 3 is 2.62 bits per heavy atom. The van der Waals surface area contributed by atoms with Crippen molar-refractivity contribution in [1.82, 2.24) is 15.1 Å². The fourth-order valence-electron chi connectivity index (χ4n) is 3.52. The molecule has 4 rings (SSSR count). The molecule has 2 N–H and O–H groups in total. The van der Waals surface area contributed by atoms with E-state index < -0.39 is 0 Å². The molecule has 0 saturated carbocycles. The number of hydrogen-bond acceptors (Lipinski definition) is 5. The van der Waals surface area contributed by atoms with Crippen molar-refractivity contribution >= 4 is 17.5 Å². The first-order valence-electron chi connectivity index (χ1n) is 10.5. The second kappa shape index (κ2) is 9.76. The van der Waals surface area contributed by atoms with E-state index in [0.29, 0.717) is 43.2 Å². The third-order valence-corrected chi connectivity index (χ3v) is 5.24. The van der Waals surface area contributed by atoms with E-state index in [-0.39, 0.29) is 17.9 Å². The smallest absolute Gasteiger partial charge is 0.256 e. The van der Waals surface area contributed by atoms with Crippen LogP contribution in [0.3, 0.4) is 0 Å². The van der Waals surface area contributed by atoms with Crippen LogP contribution in [0.15, 0.2) is 54.9 Å². The molecule has 32 heavy (non-hydrogen) atoms. The first-order chi connectivity index (χ1) is 15.5. The summed E-state index contributed by atoms with van der Waals surface area (Å²) in [6, 6.07) is 12.8. The number of nitrogens with zero attached hydrogens (tertiary/aromatic N) is 2. The Morgan fingerprint density at radius 1 is 1.09 bits per heavy atom. The Kier molecular flexibility index (Phi) is 6.63. The highest BCUT2D eigenvalue weighted by Gasteiger charge is 2.16. The van der Waals surface area contributed by atoms with Crippen LogP contribution in [-0.2, 0) is 9.47 Å². The topological polar surface area (TPSA) is 94.5 Å². The van der Waals surface area contributed by atoms with Gasteiger partial charge in [0.25, 0.3) is 11.8 Å². The number of carbonyl (C=O) groups is 2. The lowest BCUT2D eigenvalue weighted by atomic mass is 10.1. The normalized spacial score (nSPS) is 15.9. The standard InChI is InChI=1S/C24H26N4O4/c1-16-3-8-22(17(2)11-16)24(30)27-19-12-26-28(14-19)20-6-4-18(5-7-20)23(29)25-13-21-15-31-9-10-32-21/h3-8,11-12,14,21H,9-10,13,15H2,1-2H3,(H,25,29)(H,27,30). The van der Waals surface area contributed by atoms with Gasteiger partial charge in [-0.15, -0.1) is 0 Å². The summed E-state index contributed by atoms with van der Waals surface area (Å²) < 4.78 is 12.5. The van der Waals surface area contributed by atoms with E-state index in [0.717, 1.165) is 16.8 Å². The van der Waals surface area contributed by atoms with E-state index in [2.05, 4.69) is 15.7 Å². The van der Waals surface area contributed by atoms with E-state index in [4.69, 9.17) is 9.47 Å². The van der Waals surface area contributed by atoms with E-state index in [1.807, 2.05) is 32.0 Å². The summed E-state index contributed by atoms with van der Waals surface area (Å²) in [6.07, 6.45) is 3.21. The molecule has 3 aromatic rings. The number of carbonyl (C=O) groups excluding carboxylic acids is 2. The molecule has 1 unspecified atom stereocenters. The maximum Gasteiger partial charge on any atom is 0.256 e. The Balaban J connectivity index is 1.36. The van der Waals surface area contributed by atoms with Gasteiger partial charge < -0.3 is 20.1 Å². The van der Waals surface area contributed by atoms with Gasteiger partial charge in [-0.05, 0) is 49.7 Å². The molecule has 2 amide bonds. The van der Waals surface area contributed by atoms with E-state index in [1.54, 1.807) is 41.3 Å². The highest BCUT2D eigenvalue weighted by atomic mass is 16.6. The monoisotopic (exact) mass is 434 g/mol. The van der Waals surface area contributed by atoms with Crippen LogP contribution < -0.4 is 10.6 Å². The second-order valence-corrected chi connectivity index (χ2v) is 7.77. The molecule has 2 aromatic carbocycles. The van der Waals surface area contributed by atoms with Crippen molar-refractivity contribution in [2.24, 2.45) is 0 Å². The van der Waals surface area contributed by atoms with Gasteiger partial charge in [-0.3, -0.25) is 9.59 Å². The first-order valence-corrected chi connectivity index (χ1v) is 10.5. The molecule has 1 atom stereocenters. The predicted molar refractivity (Wildman–Crippen MR) is 120 cm³/mol. The molecule has 1 aromatic heterocycles. The third kappa shape index (κ3) is 5.22. The maximum absolute atomic E-state index is 12.6. The number of aromatic nitrogens is 2. The van der Waals surface area contributed by atoms with Crippen LogP contribution in [0.5, 0.6) is 0 Å². The van der Waals surface area contributed by atoms with Gasteiger partial charge in [0.1, 0.15) is 0 Å². The van der Waals surface area contributed by atoms with Crippen LogP contribution in [0, 0.1) is 13.8 Å². The summed E-state index contributed by atoms with van der Waals surface area (Å²) in [6.45, 7) is 5.94. The Labute approximate surface area is 186 Å². The Bertz CT molecular complexity index is 1100. The van der Waals surface area contributed by atoms with Crippen molar-refractivity contribution in [3.63, 3.8) is 0 Å². The molecule has 0 spiro atoms. The van der Waals surface area contributed by atoms with Crippen LogP contribution in [0.1, 0.15) is 31.8 Å². The van der Waals surface area contributed by atoms with Crippen LogP contribution in [0.2, 0.25) is 0 Å². The van der Waals surface area contributed by atoms with Crippen molar-refractivity contribution in [3.8, 4) is 5.69 Å². The average Bonchev–Trinajstić information content (AvgIpc) is 3.26. The number of amides is 2. The largest absolute Gasteiger partial charge is 0.376 e. The number of hydrogen-bond donors (Lipinski definition) is 2. The van der Waals surface area contributed by atoms with Crippen LogP contribution in [0.25, 0.3) is 5.69 Å². The number of aryl methyl sites for hydroxylation is 2. The number of anilines is 1. The SMILES string of the molecule is Cc1ccc(C(=O)Nc2cnn(-c3ccc(C(=O)NCC4COCCO4)cc3)c2)c(C)c1. The zero-order chi connectivity index (χ0) is 22.5. The molecule has 1 aliphatic heterocycles. The summed E-state index contributed by atoms with van der Waals surface area (Å²) in [5.74, 6) is -0.353. The van der Waals surface area contributed by atoms with Crippen LogP contribution in [0.4, 0.5) is 5.69 Å². The molecular formula is C24H26N4O4. The maximum atomic E-state index is 12.6. The predicted octanol–water partition coefficient (Wildman–Crippen LogP) is 2.89. The summed E-state index contributed by atoms with van der Waals surface area (Å²) >= 11 is 0. The van der Waals surface area contributed by atoms with Gasteiger partial charge in [0.2, 0.25) is 0 Å². The van der Waals surface area contributed by atoms with Gasteiger partial charge in [0, 0.05) is 17.7 Å². The van der Waals surface area contributed by atoms with Gasteiger partial charge in [-0.2, -0.15) is 5.10 Å². The molecule has 0 bridgehead atoms. The third-order valence-electron chi connectivity index (χ3n) is 5.24. The molecule has 8 nitrogen and oxygen atoms in total. The van der Waals surface area contributed by atoms with E-state index in [9.17, 15) is 9.59 Å². The highest BCUT2D eigenvalue weighted by molar-refractivity contribution is 6.05. The van der Waals surface area contributed by atoms with Gasteiger partial charge in [0.05, 0.1) is 49.7 Å². The van der Waals surface area contributed by atoms with E-state index in [1.165, 1.54) is 0 Å². The van der Waals surface area contributed by atoms with Gasteiger partial charge in [-0.25, -0.2) is 4.68 Å². The number of benzene rings is 2. The van der Waals surface area contributed by atoms with Gasteiger partial charge in [0.15, 0.2) is 0 Å². The molecule has 1 fully saturated rings. The minimum Gasteiger partial charge on any atom is -0.376 e. The Morgan fingerprint density at radius 2 is 1.91 bits per heavy atom. The number of nitrogens with one attached hydrogen (secondary N) is 2. The Hall–Kier alpha value is -3.49. The van der Waals surface area contributed by atoms with Crippen LogP contribution in [-0.4, -0.2) is 54.1 Å². The molecule has 0 aliphatic carbocycles.